The molecule has 1 saturated heterocycles. The maximum Gasteiger partial charge on any atom is 0.252 e. The number of thiophene rings is 1. The van der Waals surface area contributed by atoms with Gasteiger partial charge in [-0.1, -0.05) is 31.9 Å². The van der Waals surface area contributed by atoms with E-state index in [0.717, 1.165) is 42.5 Å². The molecule has 0 saturated carbocycles. The highest BCUT2D eigenvalue weighted by atomic mass is 32.2. The van der Waals surface area contributed by atoms with Crippen molar-refractivity contribution in [1.29, 1.82) is 0 Å². The fraction of sp³-hybridized carbons (Fsp3) is 0.450. The van der Waals surface area contributed by atoms with Gasteiger partial charge in [-0.05, 0) is 49.1 Å². The predicted octanol–water partition coefficient (Wildman–Crippen LogP) is 4.12. The number of rotatable bonds is 7. The fourth-order valence-corrected chi connectivity index (χ4v) is 6.10. The van der Waals surface area contributed by atoms with Crippen LogP contribution in [0.2, 0.25) is 0 Å². The van der Waals surface area contributed by atoms with Crippen LogP contribution in [0.1, 0.15) is 49.4 Å². The first-order valence-corrected chi connectivity index (χ1v) is 11.8. The second kappa shape index (κ2) is 8.99. The third-order valence-electron chi connectivity index (χ3n) is 4.74. The van der Waals surface area contributed by atoms with Crippen molar-refractivity contribution in [2.45, 2.75) is 43.2 Å². The molecule has 5 nitrogen and oxygen atoms in total. The van der Waals surface area contributed by atoms with Crippen LogP contribution in [-0.4, -0.2) is 38.3 Å². The average Bonchev–Trinajstić information content (AvgIpc) is 3.20. The van der Waals surface area contributed by atoms with Crippen molar-refractivity contribution in [1.82, 2.24) is 9.62 Å². The smallest absolute Gasteiger partial charge is 0.252 e. The number of benzene rings is 1. The minimum atomic E-state index is -3.40. The van der Waals surface area contributed by atoms with Gasteiger partial charge in [0.15, 0.2) is 0 Å². The van der Waals surface area contributed by atoms with Crippen LogP contribution in [0.5, 0.6) is 0 Å². The molecule has 7 heteroatoms. The Morgan fingerprint density at radius 1 is 1.07 bits per heavy atom. The lowest BCUT2D eigenvalue weighted by Gasteiger charge is -2.25. The summed E-state index contributed by atoms with van der Waals surface area (Å²) in [4.78, 5) is 13.0. The molecule has 0 bridgehead atoms. The highest BCUT2D eigenvalue weighted by molar-refractivity contribution is 7.91. The monoisotopic (exact) mass is 406 g/mol. The number of nitrogens with one attached hydrogen (secondary N) is 1. The van der Waals surface area contributed by atoms with Gasteiger partial charge in [0.1, 0.15) is 4.21 Å². The van der Waals surface area contributed by atoms with Crippen molar-refractivity contribution in [2.24, 2.45) is 0 Å². The Labute approximate surface area is 165 Å². The lowest BCUT2D eigenvalue weighted by molar-refractivity contribution is 0.0953. The number of hydrogen-bond acceptors (Lipinski definition) is 4. The molecule has 1 fully saturated rings. The van der Waals surface area contributed by atoms with Gasteiger partial charge in [-0.2, -0.15) is 4.31 Å². The molecule has 1 aliphatic rings. The zero-order chi connectivity index (χ0) is 19.3. The molecule has 2 heterocycles. The topological polar surface area (TPSA) is 66.5 Å². The number of piperidine rings is 1. The standard InChI is InChI=1S/C20H26N2O3S2/c1-2-3-13-21-20(23)17-9-7-16(8-10-17)18-11-12-19(26-18)27(24,25)22-14-5-4-6-15-22/h7-12H,2-6,13-15H2,1H3,(H,21,23). The normalized spacial score (nSPS) is 15.6. The van der Waals surface area contributed by atoms with Gasteiger partial charge in [-0.3, -0.25) is 4.79 Å². The van der Waals surface area contributed by atoms with Crippen LogP contribution in [0, 0.1) is 0 Å². The first-order chi connectivity index (χ1) is 13.0. The maximum absolute atomic E-state index is 12.8. The SMILES string of the molecule is CCCCNC(=O)c1ccc(-c2ccc(S(=O)(=O)N3CCCCC3)s2)cc1. The van der Waals surface area contributed by atoms with Gasteiger partial charge in [0.2, 0.25) is 0 Å². The first kappa shape index (κ1) is 20.0. The summed E-state index contributed by atoms with van der Waals surface area (Å²) in [6.07, 6.45) is 4.96. The number of carbonyl (C=O) groups excluding carboxylic acids is 1. The molecule has 1 amide bonds. The van der Waals surface area contributed by atoms with Gasteiger partial charge in [0.25, 0.3) is 15.9 Å². The van der Waals surface area contributed by atoms with E-state index in [0.29, 0.717) is 29.4 Å². The van der Waals surface area contributed by atoms with E-state index in [1.165, 1.54) is 11.3 Å². The summed E-state index contributed by atoms with van der Waals surface area (Å²) in [5.74, 6) is -0.0745. The Bertz CT molecular complexity index is 867. The number of sulfonamides is 1. The molecule has 0 spiro atoms. The maximum atomic E-state index is 12.8. The molecular formula is C20H26N2O3S2. The van der Waals surface area contributed by atoms with Gasteiger partial charge >= 0.3 is 0 Å². The Hall–Kier alpha value is -1.70. The van der Waals surface area contributed by atoms with Crippen molar-refractivity contribution < 1.29 is 13.2 Å². The van der Waals surface area contributed by atoms with Crippen LogP contribution in [0.4, 0.5) is 0 Å². The van der Waals surface area contributed by atoms with E-state index in [2.05, 4.69) is 12.2 Å². The quantitative estimate of drug-likeness (QED) is 0.704. The molecule has 146 valence electrons. The second-order valence-corrected chi connectivity index (χ2v) is 10.0. The number of amides is 1. The Morgan fingerprint density at radius 2 is 1.78 bits per heavy atom. The number of hydrogen-bond donors (Lipinski definition) is 1. The zero-order valence-corrected chi connectivity index (χ0v) is 17.2. The molecule has 2 aromatic rings. The number of nitrogens with zero attached hydrogens (tertiary/aromatic N) is 1. The lowest BCUT2D eigenvalue weighted by Crippen LogP contribution is -2.35. The highest BCUT2D eigenvalue weighted by Gasteiger charge is 2.27. The molecule has 0 aliphatic carbocycles. The summed E-state index contributed by atoms with van der Waals surface area (Å²) < 4.78 is 27.6. The van der Waals surface area contributed by atoms with Crippen molar-refractivity contribution in [3.05, 3.63) is 42.0 Å². The second-order valence-electron chi connectivity index (χ2n) is 6.77. The molecular weight excluding hydrogens is 380 g/mol. The first-order valence-electron chi connectivity index (χ1n) is 9.51. The Balaban J connectivity index is 1.71. The van der Waals surface area contributed by atoms with E-state index in [1.54, 1.807) is 22.5 Å². The summed E-state index contributed by atoms with van der Waals surface area (Å²) in [5, 5.41) is 2.90. The summed E-state index contributed by atoms with van der Waals surface area (Å²) in [5.41, 5.74) is 1.54. The summed E-state index contributed by atoms with van der Waals surface area (Å²) in [6, 6.07) is 10.9. The summed E-state index contributed by atoms with van der Waals surface area (Å²) in [6.45, 7) is 3.98. The van der Waals surface area contributed by atoms with Crippen molar-refractivity contribution in [3.8, 4) is 10.4 Å². The molecule has 3 rings (SSSR count). The molecule has 0 atom stereocenters. The van der Waals surface area contributed by atoms with Crippen LogP contribution in [0.3, 0.4) is 0 Å². The molecule has 0 unspecified atom stereocenters. The van der Waals surface area contributed by atoms with Crippen molar-refractivity contribution in [2.75, 3.05) is 19.6 Å². The van der Waals surface area contributed by atoms with Gasteiger partial charge < -0.3 is 5.32 Å². The van der Waals surface area contributed by atoms with Crippen LogP contribution >= 0.6 is 11.3 Å². The van der Waals surface area contributed by atoms with E-state index in [9.17, 15) is 13.2 Å². The van der Waals surface area contributed by atoms with Gasteiger partial charge in [-0.15, -0.1) is 11.3 Å². The van der Waals surface area contributed by atoms with Gasteiger partial charge in [0, 0.05) is 30.1 Å². The molecule has 1 N–H and O–H groups in total. The summed E-state index contributed by atoms with van der Waals surface area (Å²) >= 11 is 1.29. The molecule has 0 radical (unpaired) electrons. The minimum absolute atomic E-state index is 0.0745. The Kier molecular flexibility index (Phi) is 6.68. The molecule has 1 aliphatic heterocycles. The van der Waals surface area contributed by atoms with Gasteiger partial charge in [-0.25, -0.2) is 8.42 Å². The fourth-order valence-electron chi connectivity index (χ4n) is 3.11. The van der Waals surface area contributed by atoms with E-state index >= 15 is 0 Å². The zero-order valence-electron chi connectivity index (χ0n) is 15.6. The molecule has 1 aromatic carbocycles. The van der Waals surface area contributed by atoms with Crippen LogP contribution in [-0.2, 0) is 10.0 Å². The number of unbranched alkanes of at least 4 members (excludes halogenated alkanes) is 1. The minimum Gasteiger partial charge on any atom is -0.352 e. The highest BCUT2D eigenvalue weighted by Crippen LogP contribution is 2.33. The van der Waals surface area contributed by atoms with E-state index in [-0.39, 0.29) is 5.91 Å². The predicted molar refractivity (Wildman–Crippen MR) is 110 cm³/mol. The average molecular weight is 407 g/mol. The molecule has 1 aromatic heterocycles. The van der Waals surface area contributed by atoms with E-state index in [4.69, 9.17) is 0 Å². The Morgan fingerprint density at radius 3 is 2.44 bits per heavy atom. The third kappa shape index (κ3) is 4.78. The van der Waals surface area contributed by atoms with Crippen LogP contribution < -0.4 is 5.32 Å². The van der Waals surface area contributed by atoms with Crippen LogP contribution in [0.15, 0.2) is 40.6 Å². The van der Waals surface area contributed by atoms with Crippen molar-refractivity contribution in [3.63, 3.8) is 0 Å². The summed E-state index contributed by atoms with van der Waals surface area (Å²) in [7, 11) is -3.40. The molecule has 27 heavy (non-hydrogen) atoms. The third-order valence-corrected chi connectivity index (χ3v) is 8.24. The van der Waals surface area contributed by atoms with E-state index < -0.39 is 10.0 Å². The number of carbonyl (C=O) groups is 1. The van der Waals surface area contributed by atoms with Crippen molar-refractivity contribution >= 4 is 27.3 Å². The largest absolute Gasteiger partial charge is 0.352 e. The van der Waals surface area contributed by atoms with E-state index in [1.807, 2.05) is 18.2 Å². The lowest BCUT2D eigenvalue weighted by atomic mass is 10.1. The van der Waals surface area contributed by atoms with Gasteiger partial charge in [0.05, 0.1) is 0 Å². The van der Waals surface area contributed by atoms with Crippen LogP contribution in [0.25, 0.3) is 10.4 Å².